The van der Waals surface area contributed by atoms with E-state index in [1.807, 2.05) is 0 Å². The fourth-order valence-corrected chi connectivity index (χ4v) is 2.88. The van der Waals surface area contributed by atoms with Gasteiger partial charge in [0.25, 0.3) is 0 Å². The normalized spacial score (nSPS) is 22.2. The lowest BCUT2D eigenvalue weighted by Crippen LogP contribution is -2.40. The fourth-order valence-electron chi connectivity index (χ4n) is 2.88. The molecule has 0 atom stereocenters. The molecule has 0 bridgehead atoms. The van der Waals surface area contributed by atoms with Crippen molar-refractivity contribution in [2.24, 2.45) is 0 Å². The molecule has 1 aliphatic carbocycles. The molecule has 106 valence electrons. The van der Waals surface area contributed by atoms with Crippen molar-refractivity contribution in [2.45, 2.75) is 57.4 Å². The van der Waals surface area contributed by atoms with Gasteiger partial charge < -0.3 is 10.4 Å². The van der Waals surface area contributed by atoms with Gasteiger partial charge in [-0.2, -0.15) is 0 Å². The van der Waals surface area contributed by atoms with Gasteiger partial charge in [-0.25, -0.2) is 0 Å². The van der Waals surface area contributed by atoms with Gasteiger partial charge in [-0.05, 0) is 50.6 Å². The van der Waals surface area contributed by atoms with Crippen molar-refractivity contribution in [3.63, 3.8) is 0 Å². The number of aryl methyl sites for hydroxylation is 1. The van der Waals surface area contributed by atoms with E-state index in [1.54, 1.807) is 0 Å². The van der Waals surface area contributed by atoms with Crippen molar-refractivity contribution < 1.29 is 5.11 Å². The van der Waals surface area contributed by atoms with Crippen LogP contribution in [0.2, 0.25) is 0 Å². The van der Waals surface area contributed by atoms with Crippen LogP contribution in [-0.2, 0) is 0 Å². The van der Waals surface area contributed by atoms with E-state index in [4.69, 9.17) is 5.11 Å². The van der Waals surface area contributed by atoms with Gasteiger partial charge in [0.1, 0.15) is 0 Å². The molecule has 0 aliphatic heterocycles. The second-order valence-corrected chi connectivity index (χ2v) is 5.87. The van der Waals surface area contributed by atoms with E-state index >= 15 is 0 Å². The topological polar surface area (TPSA) is 32.3 Å². The van der Waals surface area contributed by atoms with Crippen LogP contribution in [0.25, 0.3) is 0 Å². The van der Waals surface area contributed by atoms with E-state index in [0.717, 1.165) is 31.3 Å². The molecule has 1 aromatic rings. The maximum Gasteiger partial charge on any atom is 0.0431 e. The molecule has 1 fully saturated rings. The third-order valence-electron chi connectivity index (χ3n) is 4.17. The summed E-state index contributed by atoms with van der Waals surface area (Å²) in [6, 6.07) is 9.67. The molecule has 19 heavy (non-hydrogen) atoms. The zero-order valence-corrected chi connectivity index (χ0v) is 12.1. The van der Waals surface area contributed by atoms with E-state index < -0.39 is 0 Å². The van der Waals surface area contributed by atoms with E-state index in [9.17, 15) is 0 Å². The molecule has 2 N–H and O–H groups in total. The van der Waals surface area contributed by atoms with Crippen molar-refractivity contribution >= 4 is 0 Å². The lowest BCUT2D eigenvalue weighted by molar-refractivity contribution is 0.277. The molecule has 1 aromatic carbocycles. The zero-order valence-electron chi connectivity index (χ0n) is 12.1. The summed E-state index contributed by atoms with van der Waals surface area (Å²) in [5.41, 5.74) is 2.89. The van der Waals surface area contributed by atoms with Crippen molar-refractivity contribution in [3.05, 3.63) is 35.4 Å². The Morgan fingerprint density at radius 3 is 2.68 bits per heavy atom. The molecule has 0 saturated heterocycles. The maximum atomic E-state index is 8.70. The number of hydrogen-bond donors (Lipinski definition) is 2. The SMILES string of the molecule is Cc1cccc(C2CC(NCCCCCCO)C2)c1. The van der Waals surface area contributed by atoms with Crippen LogP contribution in [-0.4, -0.2) is 24.3 Å². The van der Waals surface area contributed by atoms with Gasteiger partial charge >= 0.3 is 0 Å². The van der Waals surface area contributed by atoms with Crippen molar-refractivity contribution in [1.29, 1.82) is 0 Å². The Kier molecular flexibility index (Phi) is 5.87. The molecule has 2 heteroatoms. The highest BCUT2D eigenvalue weighted by atomic mass is 16.2. The van der Waals surface area contributed by atoms with Crippen LogP contribution in [0, 0.1) is 6.92 Å². The average molecular weight is 261 g/mol. The molecule has 0 unspecified atom stereocenters. The summed E-state index contributed by atoms with van der Waals surface area (Å²) < 4.78 is 0. The highest BCUT2D eigenvalue weighted by molar-refractivity contribution is 5.27. The first-order valence-corrected chi connectivity index (χ1v) is 7.70. The molecule has 2 nitrogen and oxygen atoms in total. The molecule has 0 spiro atoms. The third kappa shape index (κ3) is 4.63. The Bertz CT molecular complexity index is 371. The first-order valence-electron chi connectivity index (χ1n) is 7.70. The molecule has 2 rings (SSSR count). The second-order valence-electron chi connectivity index (χ2n) is 5.87. The Hall–Kier alpha value is -0.860. The summed E-state index contributed by atoms with van der Waals surface area (Å²) in [4.78, 5) is 0. The quantitative estimate of drug-likeness (QED) is 0.703. The van der Waals surface area contributed by atoms with Crippen molar-refractivity contribution in [2.75, 3.05) is 13.2 Å². The number of aliphatic hydroxyl groups excluding tert-OH is 1. The number of aliphatic hydroxyl groups is 1. The minimum Gasteiger partial charge on any atom is -0.396 e. The van der Waals surface area contributed by atoms with Crippen molar-refractivity contribution in [3.8, 4) is 0 Å². The molecule has 1 aliphatic rings. The maximum absolute atomic E-state index is 8.70. The monoisotopic (exact) mass is 261 g/mol. The lowest BCUT2D eigenvalue weighted by Gasteiger charge is -2.36. The average Bonchev–Trinajstić information content (AvgIpc) is 2.35. The highest BCUT2D eigenvalue weighted by Gasteiger charge is 2.29. The molecule has 0 heterocycles. The molecule has 0 radical (unpaired) electrons. The van der Waals surface area contributed by atoms with E-state index in [-0.39, 0.29) is 0 Å². The highest BCUT2D eigenvalue weighted by Crippen LogP contribution is 2.36. The third-order valence-corrected chi connectivity index (χ3v) is 4.17. The number of hydrogen-bond acceptors (Lipinski definition) is 2. The predicted molar refractivity (Wildman–Crippen MR) is 80.5 cm³/mol. The largest absolute Gasteiger partial charge is 0.396 e. The van der Waals surface area contributed by atoms with Gasteiger partial charge in [-0.15, -0.1) is 0 Å². The second kappa shape index (κ2) is 7.66. The summed E-state index contributed by atoms with van der Waals surface area (Å²) in [5, 5.41) is 12.3. The number of nitrogens with one attached hydrogen (secondary N) is 1. The summed E-state index contributed by atoms with van der Waals surface area (Å²) in [7, 11) is 0. The Balaban J connectivity index is 1.56. The van der Waals surface area contributed by atoms with Crippen LogP contribution >= 0.6 is 0 Å². The standard InChI is InChI=1S/C17H27NO/c1-14-7-6-8-15(11-14)16-12-17(13-16)18-9-4-2-3-5-10-19/h6-8,11,16-19H,2-5,9-10,12-13H2,1H3. The van der Waals surface area contributed by atoms with Gasteiger partial charge in [0, 0.05) is 12.6 Å². The summed E-state index contributed by atoms with van der Waals surface area (Å²) in [5.74, 6) is 0.770. The Morgan fingerprint density at radius 1 is 1.16 bits per heavy atom. The predicted octanol–water partition coefficient (Wildman–Crippen LogP) is 3.38. The molecular weight excluding hydrogens is 234 g/mol. The van der Waals surface area contributed by atoms with Gasteiger partial charge in [0.15, 0.2) is 0 Å². The van der Waals surface area contributed by atoms with Crippen LogP contribution in [0.3, 0.4) is 0 Å². The lowest BCUT2D eigenvalue weighted by atomic mass is 9.75. The Morgan fingerprint density at radius 2 is 1.95 bits per heavy atom. The smallest absolute Gasteiger partial charge is 0.0431 e. The Labute approximate surface area is 117 Å². The number of unbranched alkanes of at least 4 members (excludes halogenated alkanes) is 3. The summed E-state index contributed by atoms with van der Waals surface area (Å²) >= 11 is 0. The number of rotatable bonds is 8. The van der Waals surface area contributed by atoms with Crippen LogP contribution < -0.4 is 5.32 Å². The van der Waals surface area contributed by atoms with Gasteiger partial charge in [-0.3, -0.25) is 0 Å². The van der Waals surface area contributed by atoms with Gasteiger partial charge in [-0.1, -0.05) is 42.7 Å². The minimum atomic E-state index is 0.341. The summed E-state index contributed by atoms with van der Waals surface area (Å²) in [6.45, 7) is 3.65. The van der Waals surface area contributed by atoms with Gasteiger partial charge in [0.05, 0.1) is 0 Å². The molecule has 0 aromatic heterocycles. The molecule has 0 amide bonds. The van der Waals surface area contributed by atoms with Crippen LogP contribution in [0.1, 0.15) is 55.6 Å². The van der Waals surface area contributed by atoms with Gasteiger partial charge in [0.2, 0.25) is 0 Å². The summed E-state index contributed by atoms with van der Waals surface area (Å²) in [6.07, 6.45) is 7.18. The van der Waals surface area contributed by atoms with Crippen LogP contribution in [0.5, 0.6) is 0 Å². The number of benzene rings is 1. The van der Waals surface area contributed by atoms with E-state index in [2.05, 4.69) is 36.5 Å². The van der Waals surface area contributed by atoms with E-state index in [1.165, 1.54) is 36.8 Å². The van der Waals surface area contributed by atoms with Crippen LogP contribution in [0.4, 0.5) is 0 Å². The molecule has 1 saturated carbocycles. The first-order chi connectivity index (χ1) is 9.29. The van der Waals surface area contributed by atoms with E-state index in [0.29, 0.717) is 6.61 Å². The van der Waals surface area contributed by atoms with Crippen molar-refractivity contribution in [1.82, 2.24) is 5.32 Å². The molecular formula is C17H27NO. The fraction of sp³-hybridized carbons (Fsp3) is 0.647. The zero-order chi connectivity index (χ0) is 13.5. The minimum absolute atomic E-state index is 0.341. The first kappa shape index (κ1) is 14.5. The van der Waals surface area contributed by atoms with Crippen LogP contribution in [0.15, 0.2) is 24.3 Å².